The summed E-state index contributed by atoms with van der Waals surface area (Å²) < 4.78 is 0. The van der Waals surface area contributed by atoms with Gasteiger partial charge in [-0.05, 0) is 36.6 Å². The van der Waals surface area contributed by atoms with Crippen molar-refractivity contribution < 1.29 is 14.4 Å². The SMILES string of the molecule is CC1(c2cccc(NC(=O)CCc3ccccc3)c2)NC(=O)NC1=O. The minimum absolute atomic E-state index is 0.105. The van der Waals surface area contributed by atoms with Crippen molar-refractivity contribution in [1.29, 1.82) is 0 Å². The largest absolute Gasteiger partial charge is 0.326 e. The van der Waals surface area contributed by atoms with E-state index in [1.165, 1.54) is 0 Å². The summed E-state index contributed by atoms with van der Waals surface area (Å²) in [6, 6.07) is 16.2. The van der Waals surface area contributed by atoms with Crippen molar-refractivity contribution in [2.75, 3.05) is 5.32 Å². The second-order valence-electron chi connectivity index (χ2n) is 6.15. The number of rotatable bonds is 5. The predicted molar refractivity (Wildman–Crippen MR) is 93.9 cm³/mol. The highest BCUT2D eigenvalue weighted by atomic mass is 16.2. The third-order valence-corrected chi connectivity index (χ3v) is 4.25. The summed E-state index contributed by atoms with van der Waals surface area (Å²) in [6.45, 7) is 1.63. The third kappa shape index (κ3) is 3.68. The Morgan fingerprint density at radius 2 is 1.84 bits per heavy atom. The van der Waals surface area contributed by atoms with Gasteiger partial charge in [0, 0.05) is 12.1 Å². The summed E-state index contributed by atoms with van der Waals surface area (Å²) >= 11 is 0. The normalized spacial score (nSPS) is 19.2. The lowest BCUT2D eigenvalue weighted by Crippen LogP contribution is -2.40. The van der Waals surface area contributed by atoms with E-state index in [4.69, 9.17) is 0 Å². The first-order valence-corrected chi connectivity index (χ1v) is 8.05. The van der Waals surface area contributed by atoms with E-state index in [-0.39, 0.29) is 5.91 Å². The Labute approximate surface area is 145 Å². The van der Waals surface area contributed by atoms with Crippen LogP contribution in [0.4, 0.5) is 10.5 Å². The van der Waals surface area contributed by atoms with Gasteiger partial charge in [0.2, 0.25) is 5.91 Å². The van der Waals surface area contributed by atoms with E-state index in [2.05, 4.69) is 16.0 Å². The second-order valence-corrected chi connectivity index (χ2v) is 6.15. The van der Waals surface area contributed by atoms with Crippen LogP contribution in [0.5, 0.6) is 0 Å². The molecule has 1 atom stereocenters. The van der Waals surface area contributed by atoms with E-state index in [1.807, 2.05) is 30.3 Å². The molecule has 2 aromatic carbocycles. The standard InChI is InChI=1S/C19H19N3O3/c1-19(17(24)21-18(25)22-19)14-8-5-9-15(12-14)20-16(23)11-10-13-6-3-2-4-7-13/h2-9,12H,10-11H2,1H3,(H,20,23)(H2,21,22,24,25). The molecule has 1 fully saturated rings. The van der Waals surface area contributed by atoms with Gasteiger partial charge in [-0.25, -0.2) is 4.79 Å². The zero-order valence-corrected chi connectivity index (χ0v) is 13.8. The van der Waals surface area contributed by atoms with Crippen LogP contribution in [0, 0.1) is 0 Å². The quantitative estimate of drug-likeness (QED) is 0.732. The zero-order chi connectivity index (χ0) is 17.9. The van der Waals surface area contributed by atoms with Crippen molar-refractivity contribution >= 4 is 23.5 Å². The Morgan fingerprint density at radius 1 is 1.08 bits per heavy atom. The molecule has 128 valence electrons. The summed E-state index contributed by atoms with van der Waals surface area (Å²) in [5.41, 5.74) is 1.16. The molecule has 4 amide bonds. The van der Waals surface area contributed by atoms with Gasteiger partial charge in [-0.2, -0.15) is 0 Å². The molecule has 0 bridgehead atoms. The van der Waals surface area contributed by atoms with Crippen molar-refractivity contribution in [2.45, 2.75) is 25.3 Å². The minimum atomic E-state index is -1.14. The van der Waals surface area contributed by atoms with Crippen molar-refractivity contribution in [3.63, 3.8) is 0 Å². The number of urea groups is 1. The predicted octanol–water partition coefficient (Wildman–Crippen LogP) is 2.31. The van der Waals surface area contributed by atoms with E-state index in [1.54, 1.807) is 31.2 Å². The van der Waals surface area contributed by atoms with Gasteiger partial charge in [0.1, 0.15) is 5.54 Å². The maximum Gasteiger partial charge on any atom is 0.322 e. The van der Waals surface area contributed by atoms with Crippen LogP contribution in [0.3, 0.4) is 0 Å². The molecule has 2 aromatic rings. The number of imide groups is 1. The topological polar surface area (TPSA) is 87.3 Å². The Bertz CT molecular complexity index is 820. The van der Waals surface area contributed by atoms with Gasteiger partial charge in [0.15, 0.2) is 0 Å². The van der Waals surface area contributed by atoms with E-state index in [0.717, 1.165) is 5.56 Å². The summed E-state index contributed by atoms with van der Waals surface area (Å²) in [7, 11) is 0. The number of amides is 4. The van der Waals surface area contributed by atoms with Crippen molar-refractivity contribution in [2.24, 2.45) is 0 Å². The fourth-order valence-corrected chi connectivity index (χ4v) is 2.78. The molecule has 1 aliphatic rings. The number of carbonyl (C=O) groups excluding carboxylic acids is 3. The third-order valence-electron chi connectivity index (χ3n) is 4.25. The van der Waals surface area contributed by atoms with Crippen LogP contribution >= 0.6 is 0 Å². The first kappa shape index (κ1) is 16.7. The molecule has 0 aliphatic carbocycles. The molecule has 6 nitrogen and oxygen atoms in total. The number of hydrogen-bond acceptors (Lipinski definition) is 3. The molecule has 0 saturated carbocycles. The summed E-state index contributed by atoms with van der Waals surface area (Å²) in [6.07, 6.45) is 1.02. The Balaban J connectivity index is 1.67. The number of nitrogens with one attached hydrogen (secondary N) is 3. The smallest absolute Gasteiger partial charge is 0.322 e. The summed E-state index contributed by atoms with van der Waals surface area (Å²) in [5.74, 6) is -0.517. The molecule has 6 heteroatoms. The van der Waals surface area contributed by atoms with Crippen LogP contribution in [0.15, 0.2) is 54.6 Å². The molecule has 1 aliphatic heterocycles. The van der Waals surface area contributed by atoms with Crippen molar-refractivity contribution in [3.05, 3.63) is 65.7 Å². The first-order valence-electron chi connectivity index (χ1n) is 8.05. The van der Waals surface area contributed by atoms with Gasteiger partial charge in [-0.3, -0.25) is 14.9 Å². The van der Waals surface area contributed by atoms with Gasteiger partial charge in [-0.15, -0.1) is 0 Å². The molecule has 1 unspecified atom stereocenters. The molecule has 25 heavy (non-hydrogen) atoms. The zero-order valence-electron chi connectivity index (χ0n) is 13.8. The van der Waals surface area contributed by atoms with Gasteiger partial charge in [-0.1, -0.05) is 42.5 Å². The number of anilines is 1. The van der Waals surface area contributed by atoms with Crippen LogP contribution in [-0.2, 0) is 21.5 Å². The van der Waals surface area contributed by atoms with Crippen LogP contribution in [0.1, 0.15) is 24.5 Å². The van der Waals surface area contributed by atoms with Crippen molar-refractivity contribution in [3.8, 4) is 0 Å². The van der Waals surface area contributed by atoms with E-state index in [0.29, 0.717) is 24.1 Å². The van der Waals surface area contributed by atoms with Crippen LogP contribution in [0.25, 0.3) is 0 Å². The Morgan fingerprint density at radius 3 is 2.52 bits per heavy atom. The van der Waals surface area contributed by atoms with Crippen molar-refractivity contribution in [1.82, 2.24) is 10.6 Å². The maximum absolute atomic E-state index is 12.2. The molecule has 1 saturated heterocycles. The average molecular weight is 337 g/mol. The van der Waals surface area contributed by atoms with Crippen LogP contribution in [-0.4, -0.2) is 17.8 Å². The Hall–Kier alpha value is -3.15. The van der Waals surface area contributed by atoms with Crippen LogP contribution < -0.4 is 16.0 Å². The van der Waals surface area contributed by atoms with Gasteiger partial charge in [0.25, 0.3) is 5.91 Å². The highest BCUT2D eigenvalue weighted by Gasteiger charge is 2.43. The lowest BCUT2D eigenvalue weighted by molar-refractivity contribution is -0.123. The molecule has 0 radical (unpaired) electrons. The highest BCUT2D eigenvalue weighted by molar-refractivity contribution is 6.07. The maximum atomic E-state index is 12.2. The molecule has 3 N–H and O–H groups in total. The fourth-order valence-electron chi connectivity index (χ4n) is 2.78. The van der Waals surface area contributed by atoms with E-state index < -0.39 is 17.5 Å². The molecular weight excluding hydrogens is 318 g/mol. The summed E-state index contributed by atoms with van der Waals surface area (Å²) in [5, 5.41) is 7.68. The minimum Gasteiger partial charge on any atom is -0.326 e. The highest BCUT2D eigenvalue weighted by Crippen LogP contribution is 2.26. The summed E-state index contributed by atoms with van der Waals surface area (Å²) in [4.78, 5) is 35.6. The molecule has 1 heterocycles. The molecule has 3 rings (SSSR count). The van der Waals surface area contributed by atoms with Crippen LogP contribution in [0.2, 0.25) is 0 Å². The first-order chi connectivity index (χ1) is 12.0. The molecular formula is C19H19N3O3. The van der Waals surface area contributed by atoms with Gasteiger partial charge in [0.05, 0.1) is 0 Å². The lowest BCUT2D eigenvalue weighted by Gasteiger charge is -2.21. The van der Waals surface area contributed by atoms with Gasteiger partial charge < -0.3 is 10.6 Å². The number of benzene rings is 2. The number of aryl methyl sites for hydroxylation is 1. The lowest BCUT2D eigenvalue weighted by atomic mass is 9.92. The average Bonchev–Trinajstić information content (AvgIpc) is 2.87. The van der Waals surface area contributed by atoms with E-state index in [9.17, 15) is 14.4 Å². The fraction of sp³-hybridized carbons (Fsp3) is 0.211. The van der Waals surface area contributed by atoms with E-state index >= 15 is 0 Å². The molecule has 0 aromatic heterocycles. The monoisotopic (exact) mass is 337 g/mol. The molecule has 0 spiro atoms. The Kier molecular flexibility index (Phi) is 4.52. The second kappa shape index (κ2) is 6.76. The number of carbonyl (C=O) groups is 3. The van der Waals surface area contributed by atoms with Gasteiger partial charge >= 0.3 is 6.03 Å². The number of hydrogen-bond donors (Lipinski definition) is 3.